The fourth-order valence-electron chi connectivity index (χ4n) is 2.84. The molecule has 2 N–H and O–H groups in total. The number of nitrogens with zero attached hydrogens (tertiary/aromatic N) is 3. The summed E-state index contributed by atoms with van der Waals surface area (Å²) in [6, 6.07) is 8.07. The van der Waals surface area contributed by atoms with E-state index in [1.54, 1.807) is 17.1 Å². The lowest BCUT2D eigenvalue weighted by atomic mass is 9.98. The van der Waals surface area contributed by atoms with Crippen molar-refractivity contribution in [3.8, 4) is 0 Å². The van der Waals surface area contributed by atoms with Crippen molar-refractivity contribution in [2.45, 2.75) is 12.3 Å². The summed E-state index contributed by atoms with van der Waals surface area (Å²) in [6.07, 6.45) is 4.15. The second-order valence-corrected chi connectivity index (χ2v) is 5.14. The van der Waals surface area contributed by atoms with Crippen molar-refractivity contribution in [3.63, 3.8) is 0 Å². The van der Waals surface area contributed by atoms with Crippen LogP contribution in [0.4, 0.5) is 5.69 Å². The zero-order chi connectivity index (χ0) is 14.1. The van der Waals surface area contributed by atoms with Crippen LogP contribution in [-0.2, 0) is 7.05 Å². The van der Waals surface area contributed by atoms with Gasteiger partial charge in [0.25, 0.3) is 5.91 Å². The summed E-state index contributed by atoms with van der Waals surface area (Å²) in [5, 5.41) is 0. The van der Waals surface area contributed by atoms with Crippen molar-refractivity contribution >= 4 is 11.6 Å². The molecule has 1 amide bonds. The Morgan fingerprint density at radius 1 is 1.45 bits per heavy atom. The fourth-order valence-corrected chi connectivity index (χ4v) is 2.84. The van der Waals surface area contributed by atoms with E-state index in [1.165, 1.54) is 5.56 Å². The highest BCUT2D eigenvalue weighted by Crippen LogP contribution is 2.38. The molecule has 3 rings (SSSR count). The number of fused-ring (bicyclic) bond motifs is 1. The number of aryl methyl sites for hydroxylation is 1. The number of hydrogen-bond acceptors (Lipinski definition) is 3. The van der Waals surface area contributed by atoms with E-state index in [-0.39, 0.29) is 5.91 Å². The molecular formula is C15H18N4O. The summed E-state index contributed by atoms with van der Waals surface area (Å²) in [5.74, 6) is 0.324. The van der Waals surface area contributed by atoms with Gasteiger partial charge in [-0.1, -0.05) is 18.2 Å². The van der Waals surface area contributed by atoms with Crippen molar-refractivity contribution in [2.75, 3.05) is 18.0 Å². The molecule has 1 aromatic carbocycles. The van der Waals surface area contributed by atoms with Gasteiger partial charge >= 0.3 is 0 Å². The minimum absolute atomic E-state index is 0.00280. The van der Waals surface area contributed by atoms with Crippen molar-refractivity contribution < 1.29 is 4.79 Å². The zero-order valence-corrected chi connectivity index (χ0v) is 11.5. The Bertz CT molecular complexity index is 634. The van der Waals surface area contributed by atoms with Crippen LogP contribution in [0, 0.1) is 0 Å². The monoisotopic (exact) mass is 270 g/mol. The molecule has 1 unspecified atom stereocenters. The number of carbonyl (C=O) groups is 1. The van der Waals surface area contributed by atoms with Gasteiger partial charge in [0.2, 0.25) is 0 Å². The normalized spacial score (nSPS) is 17.3. The number of benzene rings is 1. The molecule has 5 nitrogen and oxygen atoms in total. The van der Waals surface area contributed by atoms with Gasteiger partial charge in [-0.3, -0.25) is 4.79 Å². The van der Waals surface area contributed by atoms with Gasteiger partial charge in [0.1, 0.15) is 5.69 Å². The van der Waals surface area contributed by atoms with E-state index in [4.69, 9.17) is 5.73 Å². The molecule has 0 radical (unpaired) electrons. The molecule has 104 valence electrons. The molecule has 2 heterocycles. The van der Waals surface area contributed by atoms with E-state index < -0.39 is 0 Å². The molecule has 0 fully saturated rings. The molecule has 1 aliphatic rings. The number of anilines is 1. The minimum Gasteiger partial charge on any atom is -0.330 e. The molecule has 0 saturated heterocycles. The third-order valence-corrected chi connectivity index (χ3v) is 3.87. The molecule has 2 aromatic rings. The van der Waals surface area contributed by atoms with Crippen LogP contribution < -0.4 is 10.6 Å². The third kappa shape index (κ3) is 2.00. The first-order chi connectivity index (χ1) is 9.72. The Hall–Kier alpha value is -2.14. The lowest BCUT2D eigenvalue weighted by Gasteiger charge is -2.17. The lowest BCUT2D eigenvalue weighted by molar-refractivity contribution is 0.0980. The molecule has 1 atom stereocenters. The summed E-state index contributed by atoms with van der Waals surface area (Å²) in [5.41, 5.74) is 8.51. The predicted octanol–water partition coefficient (Wildman–Crippen LogP) is 1.51. The van der Waals surface area contributed by atoms with Crippen LogP contribution in [-0.4, -0.2) is 28.5 Å². The molecule has 5 heteroatoms. The maximum absolute atomic E-state index is 12.7. The van der Waals surface area contributed by atoms with Crippen LogP contribution in [0.25, 0.3) is 0 Å². The summed E-state index contributed by atoms with van der Waals surface area (Å²) in [6.45, 7) is 1.33. The molecule has 1 aliphatic heterocycles. The fraction of sp³-hybridized carbons (Fsp3) is 0.333. The molecule has 0 spiro atoms. The number of hydrogen-bond donors (Lipinski definition) is 1. The topological polar surface area (TPSA) is 64.2 Å². The summed E-state index contributed by atoms with van der Waals surface area (Å²) >= 11 is 0. The number of para-hydroxylation sites is 1. The van der Waals surface area contributed by atoms with Crippen LogP contribution in [0.5, 0.6) is 0 Å². The maximum atomic E-state index is 12.7. The lowest BCUT2D eigenvalue weighted by Crippen LogP contribution is -2.31. The molecule has 0 saturated carbocycles. The maximum Gasteiger partial charge on any atom is 0.276 e. The average Bonchev–Trinajstić information content (AvgIpc) is 3.03. The van der Waals surface area contributed by atoms with Crippen molar-refractivity contribution in [2.24, 2.45) is 12.8 Å². The van der Waals surface area contributed by atoms with E-state index in [2.05, 4.69) is 11.1 Å². The van der Waals surface area contributed by atoms with E-state index in [1.807, 2.05) is 30.1 Å². The van der Waals surface area contributed by atoms with Gasteiger partial charge in [0, 0.05) is 25.2 Å². The molecule has 0 aliphatic carbocycles. The second-order valence-electron chi connectivity index (χ2n) is 5.14. The summed E-state index contributed by atoms with van der Waals surface area (Å²) in [7, 11) is 1.83. The number of carbonyl (C=O) groups excluding carboxylic acids is 1. The Kier molecular flexibility index (Phi) is 3.28. The number of imidazole rings is 1. The number of amides is 1. The van der Waals surface area contributed by atoms with Gasteiger partial charge in [-0.05, 0) is 24.6 Å². The van der Waals surface area contributed by atoms with Gasteiger partial charge < -0.3 is 15.2 Å². The highest BCUT2D eigenvalue weighted by atomic mass is 16.2. The predicted molar refractivity (Wildman–Crippen MR) is 77.7 cm³/mol. The van der Waals surface area contributed by atoms with Crippen molar-refractivity contribution in [1.29, 1.82) is 0 Å². The Morgan fingerprint density at radius 3 is 2.95 bits per heavy atom. The van der Waals surface area contributed by atoms with Gasteiger partial charge in [-0.2, -0.15) is 0 Å². The number of nitrogens with two attached hydrogens (primary N) is 1. The van der Waals surface area contributed by atoms with Crippen LogP contribution in [0.15, 0.2) is 36.8 Å². The van der Waals surface area contributed by atoms with E-state index in [0.717, 1.165) is 12.1 Å². The van der Waals surface area contributed by atoms with E-state index in [0.29, 0.717) is 24.7 Å². The Morgan fingerprint density at radius 2 is 2.25 bits per heavy atom. The highest BCUT2D eigenvalue weighted by Gasteiger charge is 2.32. The molecule has 0 bridgehead atoms. The van der Waals surface area contributed by atoms with E-state index in [9.17, 15) is 4.79 Å². The van der Waals surface area contributed by atoms with Crippen LogP contribution >= 0.6 is 0 Å². The quantitative estimate of drug-likeness (QED) is 0.919. The molecule has 1 aromatic heterocycles. The third-order valence-electron chi connectivity index (χ3n) is 3.87. The number of aromatic nitrogens is 2. The van der Waals surface area contributed by atoms with Gasteiger partial charge in [0.05, 0.1) is 12.5 Å². The van der Waals surface area contributed by atoms with Crippen LogP contribution in [0.2, 0.25) is 0 Å². The highest BCUT2D eigenvalue weighted by molar-refractivity contribution is 6.06. The first-order valence-corrected chi connectivity index (χ1v) is 6.79. The van der Waals surface area contributed by atoms with Crippen molar-refractivity contribution in [1.82, 2.24) is 9.55 Å². The SMILES string of the molecule is Cn1cncc1C(=O)N1CC(CCN)c2ccccc21. The van der Waals surface area contributed by atoms with Crippen molar-refractivity contribution in [3.05, 3.63) is 48.0 Å². The second kappa shape index (κ2) is 5.09. The zero-order valence-electron chi connectivity index (χ0n) is 11.5. The first-order valence-electron chi connectivity index (χ1n) is 6.79. The standard InChI is InChI=1S/C15H18N4O/c1-18-10-17-8-14(18)15(20)19-9-11(6-7-16)12-4-2-3-5-13(12)19/h2-5,8,10-11H,6-7,9,16H2,1H3. The average molecular weight is 270 g/mol. The largest absolute Gasteiger partial charge is 0.330 e. The Balaban J connectivity index is 1.96. The summed E-state index contributed by atoms with van der Waals surface area (Å²) in [4.78, 5) is 18.5. The number of rotatable bonds is 3. The van der Waals surface area contributed by atoms with Gasteiger partial charge in [-0.15, -0.1) is 0 Å². The van der Waals surface area contributed by atoms with Gasteiger partial charge in [-0.25, -0.2) is 4.98 Å². The smallest absolute Gasteiger partial charge is 0.276 e. The van der Waals surface area contributed by atoms with Gasteiger partial charge in [0.15, 0.2) is 0 Å². The van der Waals surface area contributed by atoms with Crippen LogP contribution in [0.3, 0.4) is 0 Å². The molecular weight excluding hydrogens is 252 g/mol. The first kappa shape index (κ1) is 12.9. The van der Waals surface area contributed by atoms with Crippen LogP contribution in [0.1, 0.15) is 28.4 Å². The summed E-state index contributed by atoms with van der Waals surface area (Å²) < 4.78 is 1.75. The Labute approximate surface area is 118 Å². The molecule has 20 heavy (non-hydrogen) atoms. The van der Waals surface area contributed by atoms with E-state index >= 15 is 0 Å². The minimum atomic E-state index is -0.00280.